The number of aryl methyl sites for hydroxylation is 1. The SMILES string of the molecule is Cc1ccc(S(=O)(=O)N=NCNC[C@H]2C[C@H](C(=O)O)N(C(=O)OC(C)(C)C)C2)cc1. The van der Waals surface area contributed by atoms with Crippen LogP contribution in [-0.2, 0) is 19.6 Å². The number of carbonyl (C=O) groups is 2. The molecule has 1 aromatic rings. The lowest BCUT2D eigenvalue weighted by Gasteiger charge is -2.26. The largest absolute Gasteiger partial charge is 0.480 e. The minimum absolute atomic E-state index is 0.0498. The summed E-state index contributed by atoms with van der Waals surface area (Å²) in [4.78, 5) is 25.1. The van der Waals surface area contributed by atoms with E-state index in [0.29, 0.717) is 6.54 Å². The first-order valence-corrected chi connectivity index (χ1v) is 11.0. The van der Waals surface area contributed by atoms with E-state index in [0.717, 1.165) is 5.56 Å². The Balaban J connectivity index is 1.87. The van der Waals surface area contributed by atoms with Gasteiger partial charge in [0, 0.05) is 13.1 Å². The molecule has 1 fully saturated rings. The molecule has 2 rings (SSSR count). The molecule has 1 heterocycles. The van der Waals surface area contributed by atoms with Crippen molar-refractivity contribution in [2.24, 2.45) is 15.6 Å². The maximum atomic E-state index is 12.3. The fraction of sp³-hybridized carbons (Fsp3) is 0.579. The van der Waals surface area contributed by atoms with Gasteiger partial charge in [-0.2, -0.15) is 13.5 Å². The van der Waals surface area contributed by atoms with Crippen LogP contribution in [0.5, 0.6) is 0 Å². The van der Waals surface area contributed by atoms with E-state index >= 15 is 0 Å². The molecule has 10 nitrogen and oxygen atoms in total. The number of carboxylic acids is 1. The highest BCUT2D eigenvalue weighted by Crippen LogP contribution is 2.25. The monoisotopic (exact) mass is 440 g/mol. The van der Waals surface area contributed by atoms with Crippen molar-refractivity contribution < 1.29 is 27.9 Å². The fourth-order valence-electron chi connectivity index (χ4n) is 3.01. The second kappa shape index (κ2) is 9.52. The summed E-state index contributed by atoms with van der Waals surface area (Å²) in [6.07, 6.45) is -0.401. The van der Waals surface area contributed by atoms with Crippen LogP contribution in [0.4, 0.5) is 4.79 Å². The number of hydrogen-bond donors (Lipinski definition) is 2. The molecule has 1 amide bonds. The topological polar surface area (TPSA) is 138 Å². The van der Waals surface area contributed by atoms with E-state index in [-0.39, 0.29) is 30.4 Å². The summed E-state index contributed by atoms with van der Waals surface area (Å²) >= 11 is 0. The van der Waals surface area contributed by atoms with E-state index in [1.807, 2.05) is 6.92 Å². The minimum Gasteiger partial charge on any atom is -0.480 e. The van der Waals surface area contributed by atoms with E-state index in [1.165, 1.54) is 17.0 Å². The van der Waals surface area contributed by atoms with Gasteiger partial charge in [-0.15, -0.1) is 0 Å². The molecule has 1 saturated heterocycles. The van der Waals surface area contributed by atoms with Crippen molar-refractivity contribution >= 4 is 22.1 Å². The molecule has 0 spiro atoms. The Morgan fingerprint density at radius 3 is 2.47 bits per heavy atom. The lowest BCUT2D eigenvalue weighted by Crippen LogP contribution is -2.43. The first kappa shape index (κ1) is 23.7. The van der Waals surface area contributed by atoms with Crippen molar-refractivity contribution in [3.05, 3.63) is 29.8 Å². The number of nitrogens with one attached hydrogen (secondary N) is 1. The fourth-order valence-corrected chi connectivity index (χ4v) is 3.79. The molecule has 2 N–H and O–H groups in total. The predicted molar refractivity (Wildman–Crippen MR) is 109 cm³/mol. The Bertz CT molecular complexity index is 893. The second-order valence-electron chi connectivity index (χ2n) is 8.21. The molecule has 0 aromatic heterocycles. The zero-order valence-corrected chi connectivity index (χ0v) is 18.3. The van der Waals surface area contributed by atoms with Crippen LogP contribution in [0, 0.1) is 12.8 Å². The third kappa shape index (κ3) is 6.77. The predicted octanol–water partition coefficient (Wildman–Crippen LogP) is 2.39. The van der Waals surface area contributed by atoms with Gasteiger partial charge in [0.25, 0.3) is 10.0 Å². The second-order valence-corrected chi connectivity index (χ2v) is 9.80. The van der Waals surface area contributed by atoms with Gasteiger partial charge < -0.3 is 9.84 Å². The van der Waals surface area contributed by atoms with Gasteiger partial charge in [-0.3, -0.25) is 10.2 Å². The summed E-state index contributed by atoms with van der Waals surface area (Å²) in [5.41, 5.74) is 0.212. The molecular formula is C19H28N4O6S. The molecular weight excluding hydrogens is 412 g/mol. The first-order chi connectivity index (χ1) is 13.9. The average Bonchev–Trinajstić information content (AvgIpc) is 3.05. The number of ether oxygens (including phenoxy) is 1. The number of rotatable bonds is 7. The van der Waals surface area contributed by atoms with Crippen molar-refractivity contribution in [2.75, 3.05) is 19.8 Å². The van der Waals surface area contributed by atoms with Crippen LogP contribution in [0.15, 0.2) is 38.8 Å². The van der Waals surface area contributed by atoms with Crippen molar-refractivity contribution in [3.8, 4) is 0 Å². The van der Waals surface area contributed by atoms with E-state index < -0.39 is 33.7 Å². The number of carbonyl (C=O) groups excluding carboxylic acids is 1. The molecule has 0 unspecified atom stereocenters. The van der Waals surface area contributed by atoms with E-state index in [4.69, 9.17) is 4.74 Å². The summed E-state index contributed by atoms with van der Waals surface area (Å²) in [5.74, 6) is -1.23. The molecule has 1 aromatic carbocycles. The number of aliphatic carboxylic acids is 1. The van der Waals surface area contributed by atoms with E-state index in [9.17, 15) is 23.1 Å². The molecule has 1 aliphatic rings. The quantitative estimate of drug-likeness (QED) is 0.490. The normalized spacial score (nSPS) is 19.9. The lowest BCUT2D eigenvalue weighted by atomic mass is 10.1. The van der Waals surface area contributed by atoms with Crippen LogP contribution in [0.25, 0.3) is 0 Å². The summed E-state index contributed by atoms with van der Waals surface area (Å²) < 4.78 is 32.9. The standard InChI is InChI=1S/C19H28N4O6S/c1-13-5-7-15(8-6-13)30(27,28)22-21-12-20-10-14-9-16(17(24)25)23(11-14)18(26)29-19(2,3)4/h5-8,14,16,20H,9-12H2,1-4H3,(H,24,25)/t14-,16-/m1/s1. The van der Waals surface area contributed by atoms with Crippen LogP contribution in [0.2, 0.25) is 0 Å². The molecule has 0 bridgehead atoms. The third-order valence-electron chi connectivity index (χ3n) is 4.40. The number of nitrogens with zero attached hydrogens (tertiary/aromatic N) is 3. The zero-order chi connectivity index (χ0) is 22.5. The van der Waals surface area contributed by atoms with Gasteiger partial charge in [-0.05, 0) is 52.2 Å². The molecule has 166 valence electrons. The van der Waals surface area contributed by atoms with Crippen molar-refractivity contribution in [2.45, 2.75) is 50.7 Å². The highest BCUT2D eigenvalue weighted by Gasteiger charge is 2.41. The maximum absolute atomic E-state index is 12.3. The Hall–Kier alpha value is -2.53. The Morgan fingerprint density at radius 1 is 1.27 bits per heavy atom. The van der Waals surface area contributed by atoms with Crippen LogP contribution >= 0.6 is 0 Å². The van der Waals surface area contributed by atoms with Crippen molar-refractivity contribution in [1.82, 2.24) is 10.2 Å². The van der Waals surface area contributed by atoms with Gasteiger partial charge in [0.2, 0.25) is 0 Å². The number of carboxylic acid groups (broad SMARTS) is 1. The Kier molecular flexibility index (Phi) is 7.54. The van der Waals surface area contributed by atoms with Crippen LogP contribution in [0.3, 0.4) is 0 Å². The lowest BCUT2D eigenvalue weighted by molar-refractivity contribution is -0.142. The number of sulfonamides is 1. The number of amides is 1. The third-order valence-corrected chi connectivity index (χ3v) is 5.60. The molecule has 11 heteroatoms. The Morgan fingerprint density at radius 2 is 1.90 bits per heavy atom. The van der Waals surface area contributed by atoms with Crippen molar-refractivity contribution in [3.63, 3.8) is 0 Å². The molecule has 2 atom stereocenters. The molecule has 0 radical (unpaired) electrons. The van der Waals surface area contributed by atoms with Gasteiger partial charge in [0.15, 0.2) is 0 Å². The summed E-state index contributed by atoms with van der Waals surface area (Å²) in [6.45, 7) is 7.52. The van der Waals surface area contributed by atoms with E-state index in [1.54, 1.807) is 32.9 Å². The van der Waals surface area contributed by atoms with Crippen LogP contribution < -0.4 is 5.32 Å². The first-order valence-electron chi connectivity index (χ1n) is 9.52. The average molecular weight is 441 g/mol. The smallest absolute Gasteiger partial charge is 0.411 e. The van der Waals surface area contributed by atoms with Crippen molar-refractivity contribution in [1.29, 1.82) is 0 Å². The van der Waals surface area contributed by atoms with Crippen LogP contribution in [0.1, 0.15) is 32.8 Å². The minimum atomic E-state index is -3.86. The number of likely N-dealkylation sites (tertiary alicyclic amines) is 1. The molecule has 0 aliphatic carbocycles. The number of hydrogen-bond acceptors (Lipinski definition) is 7. The Labute approximate surface area is 176 Å². The molecule has 30 heavy (non-hydrogen) atoms. The summed E-state index contributed by atoms with van der Waals surface area (Å²) in [5, 5.41) is 16.0. The van der Waals surface area contributed by atoms with Crippen LogP contribution in [-0.4, -0.2) is 61.9 Å². The number of benzene rings is 1. The molecule has 1 aliphatic heterocycles. The maximum Gasteiger partial charge on any atom is 0.411 e. The van der Waals surface area contributed by atoms with E-state index in [2.05, 4.69) is 15.0 Å². The highest BCUT2D eigenvalue weighted by atomic mass is 32.2. The summed E-state index contributed by atoms with van der Waals surface area (Å²) in [6, 6.07) is 5.32. The zero-order valence-electron chi connectivity index (χ0n) is 17.5. The highest BCUT2D eigenvalue weighted by molar-refractivity contribution is 7.90. The molecule has 0 saturated carbocycles. The van der Waals surface area contributed by atoms with Gasteiger partial charge in [0.1, 0.15) is 18.3 Å². The van der Waals surface area contributed by atoms with Gasteiger partial charge >= 0.3 is 12.1 Å². The summed E-state index contributed by atoms with van der Waals surface area (Å²) in [7, 11) is -3.86. The van der Waals surface area contributed by atoms with Gasteiger partial charge in [0.05, 0.1) is 4.90 Å². The van der Waals surface area contributed by atoms with Gasteiger partial charge in [-0.25, -0.2) is 9.59 Å². The van der Waals surface area contributed by atoms with Gasteiger partial charge in [-0.1, -0.05) is 22.2 Å².